The summed E-state index contributed by atoms with van der Waals surface area (Å²) in [7, 11) is 0. The van der Waals surface area contributed by atoms with Crippen LogP contribution >= 0.6 is 0 Å². The first-order valence-electron chi connectivity index (χ1n) is 12.8. The highest BCUT2D eigenvalue weighted by molar-refractivity contribution is 5.79. The van der Waals surface area contributed by atoms with Crippen LogP contribution in [0.3, 0.4) is 0 Å². The van der Waals surface area contributed by atoms with Crippen molar-refractivity contribution in [1.82, 2.24) is 15.1 Å². The second-order valence-corrected chi connectivity index (χ2v) is 9.42. The zero-order valence-corrected chi connectivity index (χ0v) is 16.2. The highest BCUT2D eigenvalue weighted by Gasteiger charge is 2.58. The molecular weight excluding hydrogens is 342 g/mol. The predicted octanol–water partition coefficient (Wildman–Crippen LogP) is 2.93. The molecule has 2 heterocycles. The molecule has 4 fully saturated rings. The maximum absolute atomic E-state index is 12.7. The molecule has 0 aromatic heterocycles. The van der Waals surface area contributed by atoms with Crippen molar-refractivity contribution in [2.24, 2.45) is 17.3 Å². The zero-order chi connectivity index (χ0) is 23.5. The van der Waals surface area contributed by atoms with E-state index in [-0.39, 0.29) is 30.0 Å². The Balaban J connectivity index is 1.44. The first-order chi connectivity index (χ1) is 14.8. The Labute approximate surface area is 169 Å². The number of nitrogens with one attached hydrogen (secondary N) is 1. The first kappa shape index (κ1) is 13.8. The molecule has 0 aromatic rings. The van der Waals surface area contributed by atoms with E-state index in [4.69, 9.17) is 6.85 Å². The molecule has 2 amide bonds. The van der Waals surface area contributed by atoms with Crippen molar-refractivity contribution in [2.75, 3.05) is 26.2 Å². The van der Waals surface area contributed by atoms with E-state index in [0.717, 1.165) is 19.3 Å². The van der Waals surface area contributed by atoms with Gasteiger partial charge in [0.25, 0.3) is 0 Å². The van der Waals surface area contributed by atoms with Crippen LogP contribution in [0.1, 0.15) is 71.9 Å². The molecule has 3 atom stereocenters. The van der Waals surface area contributed by atoms with E-state index < -0.39 is 30.7 Å². The maximum Gasteiger partial charge on any atom is 0.407 e. The largest absolute Gasteiger partial charge is 0.465 e. The Morgan fingerprint density at radius 3 is 2.56 bits per heavy atom. The van der Waals surface area contributed by atoms with Crippen LogP contribution < -0.4 is 5.32 Å². The van der Waals surface area contributed by atoms with E-state index in [1.807, 2.05) is 0 Å². The number of likely N-dealkylation sites (tertiary alicyclic amines) is 2. The van der Waals surface area contributed by atoms with Crippen molar-refractivity contribution >= 4 is 12.0 Å². The summed E-state index contributed by atoms with van der Waals surface area (Å²) in [4.78, 5) is 27.6. The lowest BCUT2D eigenvalue weighted by molar-refractivity contribution is -0.131. The minimum Gasteiger partial charge on any atom is -0.465 e. The highest BCUT2D eigenvalue weighted by atomic mass is 16.4. The van der Waals surface area contributed by atoms with Gasteiger partial charge in [0.15, 0.2) is 0 Å². The van der Waals surface area contributed by atoms with Crippen LogP contribution in [-0.2, 0) is 4.79 Å². The minimum absolute atomic E-state index is 0.0653. The van der Waals surface area contributed by atoms with Gasteiger partial charge in [-0.25, -0.2) is 4.79 Å². The lowest BCUT2D eigenvalue weighted by Crippen LogP contribution is -2.62. The average Bonchev–Trinajstić information content (AvgIpc) is 3.11. The summed E-state index contributed by atoms with van der Waals surface area (Å²) in [6, 6.07) is -0.243. The molecule has 152 valence electrons. The van der Waals surface area contributed by atoms with Crippen LogP contribution in [0.4, 0.5) is 4.79 Å². The lowest BCUT2D eigenvalue weighted by Gasteiger charge is -2.58. The van der Waals surface area contributed by atoms with Gasteiger partial charge < -0.3 is 20.2 Å². The van der Waals surface area contributed by atoms with Crippen molar-refractivity contribution in [1.29, 1.82) is 0 Å². The van der Waals surface area contributed by atoms with E-state index in [0.29, 0.717) is 45.3 Å². The molecular formula is C21H35N3O3. The molecule has 4 aliphatic rings. The normalized spacial score (nSPS) is 40.0. The van der Waals surface area contributed by atoms with Crippen molar-refractivity contribution in [3.8, 4) is 0 Å². The Morgan fingerprint density at radius 1 is 1.26 bits per heavy atom. The fourth-order valence-electron chi connectivity index (χ4n) is 5.70. The van der Waals surface area contributed by atoms with Crippen molar-refractivity contribution < 1.29 is 21.5 Å². The summed E-state index contributed by atoms with van der Waals surface area (Å²) in [5, 5.41) is 12.6. The van der Waals surface area contributed by atoms with E-state index in [1.165, 1.54) is 4.90 Å². The second-order valence-electron chi connectivity index (χ2n) is 9.42. The number of hydrogen-bond acceptors (Lipinski definition) is 3. The van der Waals surface area contributed by atoms with E-state index in [2.05, 4.69) is 17.1 Å². The fraction of sp³-hybridized carbons (Fsp3) is 0.905. The fourth-order valence-corrected chi connectivity index (χ4v) is 5.70. The summed E-state index contributed by atoms with van der Waals surface area (Å²) >= 11 is 0. The molecule has 2 N–H and O–H groups in total. The van der Waals surface area contributed by atoms with Crippen LogP contribution in [0.15, 0.2) is 0 Å². The van der Waals surface area contributed by atoms with Crippen LogP contribution in [0.25, 0.3) is 0 Å². The van der Waals surface area contributed by atoms with Gasteiger partial charge in [-0.1, -0.05) is 13.2 Å². The summed E-state index contributed by atoms with van der Waals surface area (Å²) < 4.78 is 40.6. The van der Waals surface area contributed by atoms with Gasteiger partial charge in [-0.3, -0.25) is 4.79 Å². The topological polar surface area (TPSA) is 72.9 Å². The smallest absolute Gasteiger partial charge is 0.407 e. The van der Waals surface area contributed by atoms with E-state index in [9.17, 15) is 14.7 Å². The van der Waals surface area contributed by atoms with E-state index in [1.54, 1.807) is 0 Å². The van der Waals surface area contributed by atoms with Crippen molar-refractivity contribution in [2.45, 2.75) is 76.7 Å². The number of nitrogens with zero attached hydrogens (tertiary/aromatic N) is 2. The SMILES string of the molecule is [2H]C([2H])([2H])C([2H])([2H])C1[C@H](N2CCC(C(=O)NC3(C)CCC3)CC2)C[C@@]12CCN(C(=O)O)C2. The van der Waals surface area contributed by atoms with Gasteiger partial charge >= 0.3 is 6.09 Å². The third-order valence-electron chi connectivity index (χ3n) is 7.72. The third kappa shape index (κ3) is 3.34. The Bertz CT molecular complexity index is 764. The Hall–Kier alpha value is -1.30. The number of carbonyl (C=O) groups is 2. The van der Waals surface area contributed by atoms with E-state index >= 15 is 0 Å². The molecule has 1 spiro atoms. The van der Waals surface area contributed by atoms with Crippen molar-refractivity contribution in [3.63, 3.8) is 0 Å². The highest BCUT2D eigenvalue weighted by Crippen LogP contribution is 2.56. The molecule has 0 aromatic carbocycles. The molecule has 0 radical (unpaired) electrons. The zero-order valence-electron chi connectivity index (χ0n) is 21.2. The first-order valence-corrected chi connectivity index (χ1v) is 10.3. The molecule has 0 bridgehead atoms. The number of rotatable bonds is 4. The maximum atomic E-state index is 12.7. The minimum atomic E-state index is -2.78. The molecule has 2 saturated carbocycles. The molecule has 2 saturated heterocycles. The molecule has 27 heavy (non-hydrogen) atoms. The lowest BCUT2D eigenvalue weighted by atomic mass is 9.54. The number of amides is 2. The predicted molar refractivity (Wildman–Crippen MR) is 104 cm³/mol. The molecule has 6 heteroatoms. The van der Waals surface area contributed by atoms with Crippen LogP contribution in [0.5, 0.6) is 0 Å². The standard InChI is InChI=1S/C21H35N3O3/c1-3-16-17(13-21(16)9-12-24(14-21)19(26)27)23-10-5-15(6-11-23)18(25)22-20(2)7-4-8-20/h15-17H,3-14H2,1-2H3,(H,22,25)(H,26,27)/t16?,17-,21-/m1/s1/i1D3,3D2. The van der Waals surface area contributed by atoms with Gasteiger partial charge in [-0.15, -0.1) is 0 Å². The number of piperidine rings is 1. The Kier molecular flexibility index (Phi) is 3.55. The van der Waals surface area contributed by atoms with Crippen molar-refractivity contribution in [3.05, 3.63) is 0 Å². The Morgan fingerprint density at radius 2 is 2.00 bits per heavy atom. The van der Waals surface area contributed by atoms with Crippen LogP contribution in [0.2, 0.25) is 0 Å². The van der Waals surface area contributed by atoms with Crippen LogP contribution in [0, 0.1) is 17.3 Å². The molecule has 1 unspecified atom stereocenters. The molecule has 2 aliphatic carbocycles. The van der Waals surface area contributed by atoms with Gasteiger partial charge in [0, 0.05) is 37.4 Å². The summed E-state index contributed by atoms with van der Waals surface area (Å²) in [5.74, 6) is -0.727. The quantitative estimate of drug-likeness (QED) is 0.784. The summed E-state index contributed by atoms with van der Waals surface area (Å²) in [6.07, 6.45) is 2.18. The molecule has 6 nitrogen and oxygen atoms in total. The number of carbonyl (C=O) groups excluding carboxylic acids is 1. The third-order valence-corrected chi connectivity index (χ3v) is 7.72. The van der Waals surface area contributed by atoms with Gasteiger partial charge in [0.1, 0.15) is 0 Å². The number of hydrogen-bond donors (Lipinski definition) is 2. The van der Waals surface area contributed by atoms with Crippen LogP contribution in [-0.4, -0.2) is 64.7 Å². The monoisotopic (exact) mass is 382 g/mol. The number of carboxylic acid groups (broad SMARTS) is 1. The molecule has 2 aliphatic heterocycles. The molecule has 4 rings (SSSR count). The van der Waals surface area contributed by atoms with Gasteiger partial charge in [-0.2, -0.15) is 0 Å². The van der Waals surface area contributed by atoms with Gasteiger partial charge in [-0.05, 0) is 76.3 Å². The van der Waals surface area contributed by atoms with Gasteiger partial charge in [0.2, 0.25) is 5.91 Å². The second kappa shape index (κ2) is 6.94. The summed E-state index contributed by atoms with van der Waals surface area (Å²) in [6.45, 7) is 1.07. The van der Waals surface area contributed by atoms with Gasteiger partial charge in [0.05, 0.1) is 0 Å². The average molecular weight is 383 g/mol. The summed E-state index contributed by atoms with van der Waals surface area (Å²) in [5.41, 5.74) is -0.706.